The molecule has 0 saturated heterocycles. The number of nitrogens with zero attached hydrogens (tertiary/aromatic N) is 1. The molecule has 2 heterocycles. The van der Waals surface area contributed by atoms with Crippen LogP contribution < -0.4 is 5.32 Å². The summed E-state index contributed by atoms with van der Waals surface area (Å²) in [4.78, 5) is 50.6. The highest BCUT2D eigenvalue weighted by molar-refractivity contribution is 6.22. The highest BCUT2D eigenvalue weighted by Gasteiger charge is 2.36. The van der Waals surface area contributed by atoms with Crippen LogP contribution in [0.4, 0.5) is 0 Å². The average Bonchev–Trinajstić information content (AvgIpc) is 3.28. The van der Waals surface area contributed by atoms with E-state index in [0.29, 0.717) is 5.76 Å². The minimum Gasteiger partial charge on any atom is -0.467 e. The molecule has 0 spiro atoms. The van der Waals surface area contributed by atoms with Gasteiger partial charge < -0.3 is 14.5 Å². The van der Waals surface area contributed by atoms with Gasteiger partial charge in [0.15, 0.2) is 0 Å². The number of rotatable bonds is 6. The molecule has 1 aliphatic heterocycles. The molecule has 8 heteroatoms. The Morgan fingerprint density at radius 1 is 1.14 bits per heavy atom. The second kappa shape index (κ2) is 7.67. The molecule has 28 heavy (non-hydrogen) atoms. The van der Waals surface area contributed by atoms with Gasteiger partial charge in [-0.05, 0) is 36.2 Å². The number of carbonyl (C=O) groups excluding carboxylic acids is 4. The number of benzene rings is 1. The Kier molecular flexibility index (Phi) is 5.30. The molecule has 0 bridgehead atoms. The second-order valence-corrected chi connectivity index (χ2v) is 6.75. The normalized spacial score (nSPS) is 14.2. The van der Waals surface area contributed by atoms with Gasteiger partial charge in [0.25, 0.3) is 17.7 Å². The van der Waals surface area contributed by atoms with Crippen LogP contribution in [0.3, 0.4) is 0 Å². The molecule has 3 rings (SSSR count). The first-order valence-electron chi connectivity index (χ1n) is 8.74. The first kappa shape index (κ1) is 19.3. The lowest BCUT2D eigenvalue weighted by molar-refractivity contribution is -0.144. The largest absolute Gasteiger partial charge is 0.467 e. The minimum absolute atomic E-state index is 0.0125. The average molecular weight is 384 g/mol. The van der Waals surface area contributed by atoms with Crippen molar-refractivity contribution in [2.75, 3.05) is 7.11 Å². The van der Waals surface area contributed by atoms with E-state index in [4.69, 9.17) is 9.15 Å². The SMILES string of the molecule is COC(=O)[C@@H](NC(=O)c1ccc2c(c1)C(=O)N(Cc1ccco1)C2=O)C(C)C. The predicted molar refractivity (Wildman–Crippen MR) is 97.5 cm³/mol. The van der Waals surface area contributed by atoms with Crippen molar-refractivity contribution in [2.24, 2.45) is 5.92 Å². The highest BCUT2D eigenvalue weighted by atomic mass is 16.5. The van der Waals surface area contributed by atoms with Crippen molar-refractivity contribution < 1.29 is 28.3 Å². The third-order valence-corrected chi connectivity index (χ3v) is 4.54. The summed E-state index contributed by atoms with van der Waals surface area (Å²) >= 11 is 0. The zero-order valence-corrected chi connectivity index (χ0v) is 15.7. The molecule has 2 aromatic rings. The van der Waals surface area contributed by atoms with Crippen LogP contribution in [-0.2, 0) is 16.1 Å². The van der Waals surface area contributed by atoms with E-state index in [-0.39, 0.29) is 29.2 Å². The summed E-state index contributed by atoms with van der Waals surface area (Å²) in [6, 6.07) is 6.77. The zero-order valence-electron chi connectivity index (χ0n) is 15.7. The Bertz CT molecular complexity index is 932. The number of esters is 1. The molecule has 1 N–H and O–H groups in total. The quantitative estimate of drug-likeness (QED) is 0.603. The van der Waals surface area contributed by atoms with Gasteiger partial charge >= 0.3 is 5.97 Å². The number of imide groups is 1. The number of furan rings is 1. The highest BCUT2D eigenvalue weighted by Crippen LogP contribution is 2.26. The van der Waals surface area contributed by atoms with E-state index in [2.05, 4.69) is 5.32 Å². The molecule has 0 unspecified atom stereocenters. The van der Waals surface area contributed by atoms with E-state index in [1.165, 1.54) is 31.6 Å². The fraction of sp³-hybridized carbons (Fsp3) is 0.300. The van der Waals surface area contributed by atoms with Gasteiger partial charge in [0.1, 0.15) is 11.8 Å². The molecule has 146 valence electrons. The van der Waals surface area contributed by atoms with Crippen LogP contribution in [0, 0.1) is 5.92 Å². The van der Waals surface area contributed by atoms with Crippen LogP contribution in [0.5, 0.6) is 0 Å². The van der Waals surface area contributed by atoms with Crippen molar-refractivity contribution in [3.8, 4) is 0 Å². The molecule has 3 amide bonds. The molecule has 1 aromatic heterocycles. The van der Waals surface area contributed by atoms with E-state index in [0.717, 1.165) is 4.90 Å². The number of fused-ring (bicyclic) bond motifs is 1. The maximum atomic E-state index is 12.7. The van der Waals surface area contributed by atoms with Gasteiger partial charge in [0.05, 0.1) is 31.0 Å². The fourth-order valence-electron chi connectivity index (χ4n) is 2.98. The third-order valence-electron chi connectivity index (χ3n) is 4.54. The summed E-state index contributed by atoms with van der Waals surface area (Å²) in [7, 11) is 1.25. The summed E-state index contributed by atoms with van der Waals surface area (Å²) in [6.45, 7) is 3.57. The molecule has 1 aliphatic rings. The summed E-state index contributed by atoms with van der Waals surface area (Å²) in [6.07, 6.45) is 1.46. The molecule has 1 atom stereocenters. The minimum atomic E-state index is -0.821. The van der Waals surface area contributed by atoms with Gasteiger partial charge in [-0.25, -0.2) is 4.79 Å². The standard InChI is InChI=1S/C20H20N2O6/c1-11(2)16(20(26)27-3)21-17(23)12-6-7-14-15(9-12)19(25)22(18(14)24)10-13-5-4-8-28-13/h4-9,11,16H,10H2,1-3H3,(H,21,23)/t16-/m0/s1. The lowest BCUT2D eigenvalue weighted by Crippen LogP contribution is -2.45. The Morgan fingerprint density at radius 2 is 1.86 bits per heavy atom. The van der Waals surface area contributed by atoms with E-state index < -0.39 is 29.7 Å². The van der Waals surface area contributed by atoms with Gasteiger partial charge in [0.2, 0.25) is 0 Å². The Morgan fingerprint density at radius 3 is 2.46 bits per heavy atom. The Hall–Kier alpha value is -3.42. The van der Waals surface area contributed by atoms with Gasteiger partial charge in [-0.2, -0.15) is 0 Å². The maximum Gasteiger partial charge on any atom is 0.328 e. The first-order valence-corrected chi connectivity index (χ1v) is 8.74. The number of amides is 3. The van der Waals surface area contributed by atoms with Gasteiger partial charge in [-0.3, -0.25) is 19.3 Å². The van der Waals surface area contributed by atoms with E-state index in [1.807, 2.05) is 0 Å². The lowest BCUT2D eigenvalue weighted by atomic mass is 10.0. The van der Waals surface area contributed by atoms with Crippen molar-refractivity contribution in [2.45, 2.75) is 26.4 Å². The fourth-order valence-corrected chi connectivity index (χ4v) is 2.98. The van der Waals surface area contributed by atoms with Crippen LogP contribution in [-0.4, -0.2) is 41.7 Å². The number of methoxy groups -OCH3 is 1. The predicted octanol–water partition coefficient (Wildman–Crippen LogP) is 2.00. The Balaban J connectivity index is 1.82. The number of hydrogen-bond donors (Lipinski definition) is 1. The van der Waals surface area contributed by atoms with E-state index in [1.54, 1.807) is 26.0 Å². The Labute approximate surface area is 161 Å². The number of nitrogens with one attached hydrogen (secondary N) is 1. The number of carbonyl (C=O) groups is 4. The third kappa shape index (κ3) is 3.53. The van der Waals surface area contributed by atoms with Crippen LogP contribution >= 0.6 is 0 Å². The molecule has 0 saturated carbocycles. The zero-order chi connectivity index (χ0) is 20.4. The molecular formula is C20H20N2O6. The van der Waals surface area contributed by atoms with Crippen molar-refractivity contribution in [3.05, 3.63) is 59.0 Å². The second-order valence-electron chi connectivity index (χ2n) is 6.75. The summed E-state index contributed by atoms with van der Waals surface area (Å²) in [5.41, 5.74) is 0.541. The smallest absolute Gasteiger partial charge is 0.328 e. The monoisotopic (exact) mass is 384 g/mol. The number of ether oxygens (including phenoxy) is 1. The van der Waals surface area contributed by atoms with Crippen LogP contribution in [0.25, 0.3) is 0 Å². The van der Waals surface area contributed by atoms with Crippen molar-refractivity contribution in [1.82, 2.24) is 10.2 Å². The molecule has 8 nitrogen and oxygen atoms in total. The van der Waals surface area contributed by atoms with Crippen molar-refractivity contribution in [3.63, 3.8) is 0 Å². The van der Waals surface area contributed by atoms with Crippen molar-refractivity contribution in [1.29, 1.82) is 0 Å². The summed E-state index contributed by atoms with van der Waals surface area (Å²) in [5.74, 6) is -1.74. The maximum absolute atomic E-state index is 12.7. The topological polar surface area (TPSA) is 106 Å². The van der Waals surface area contributed by atoms with Crippen LogP contribution in [0.2, 0.25) is 0 Å². The molecule has 1 aromatic carbocycles. The van der Waals surface area contributed by atoms with Crippen molar-refractivity contribution >= 4 is 23.7 Å². The van der Waals surface area contributed by atoms with Gasteiger partial charge in [0, 0.05) is 5.56 Å². The van der Waals surface area contributed by atoms with Gasteiger partial charge in [-0.15, -0.1) is 0 Å². The molecule has 0 fully saturated rings. The molecular weight excluding hydrogens is 364 g/mol. The number of hydrogen-bond acceptors (Lipinski definition) is 6. The van der Waals surface area contributed by atoms with E-state index in [9.17, 15) is 19.2 Å². The molecule has 0 aliphatic carbocycles. The van der Waals surface area contributed by atoms with E-state index >= 15 is 0 Å². The van der Waals surface area contributed by atoms with Gasteiger partial charge in [-0.1, -0.05) is 13.8 Å². The summed E-state index contributed by atoms with van der Waals surface area (Å²) < 4.78 is 9.91. The first-order chi connectivity index (χ1) is 13.3. The summed E-state index contributed by atoms with van der Waals surface area (Å²) in [5, 5.41) is 2.61. The van der Waals surface area contributed by atoms with Crippen LogP contribution in [0.15, 0.2) is 41.0 Å². The molecule has 0 radical (unpaired) electrons. The van der Waals surface area contributed by atoms with Crippen LogP contribution in [0.1, 0.15) is 50.7 Å². The lowest BCUT2D eigenvalue weighted by Gasteiger charge is -2.19.